The van der Waals surface area contributed by atoms with Crippen molar-refractivity contribution in [1.29, 1.82) is 0 Å². The molecule has 3 aromatic rings. The highest BCUT2D eigenvalue weighted by Crippen LogP contribution is 2.30. The van der Waals surface area contributed by atoms with E-state index in [0.29, 0.717) is 29.2 Å². The number of fused-ring (bicyclic) bond motifs is 1. The molecule has 0 amide bonds. The minimum atomic E-state index is -0.0553. The van der Waals surface area contributed by atoms with Gasteiger partial charge in [0, 0.05) is 11.3 Å². The zero-order valence-corrected chi connectivity index (χ0v) is 12.4. The van der Waals surface area contributed by atoms with Crippen molar-refractivity contribution in [3.05, 3.63) is 71.8 Å². The van der Waals surface area contributed by atoms with Gasteiger partial charge in [-0.15, -0.1) is 0 Å². The van der Waals surface area contributed by atoms with Gasteiger partial charge in [-0.05, 0) is 48.0 Å². The van der Waals surface area contributed by atoms with Crippen LogP contribution in [0.15, 0.2) is 60.7 Å². The number of ketones is 1. The molecule has 0 aliphatic rings. The molecule has 0 radical (unpaired) electrons. The van der Waals surface area contributed by atoms with Crippen LogP contribution in [0, 0.1) is 0 Å². The predicted octanol–water partition coefficient (Wildman–Crippen LogP) is 4.05. The molecule has 3 aromatic carbocycles. The fourth-order valence-corrected chi connectivity index (χ4v) is 2.54. The molecular formula is C19H17NO2. The van der Waals surface area contributed by atoms with Crippen molar-refractivity contribution in [3.63, 3.8) is 0 Å². The molecule has 0 atom stereocenters. The maximum atomic E-state index is 12.9. The number of hydrogen-bond donors (Lipinski definition) is 1. The average molecular weight is 291 g/mol. The van der Waals surface area contributed by atoms with Gasteiger partial charge in [0.2, 0.25) is 0 Å². The summed E-state index contributed by atoms with van der Waals surface area (Å²) in [6.07, 6.45) is 0. The molecule has 0 aliphatic carbocycles. The Hall–Kier alpha value is -2.81. The van der Waals surface area contributed by atoms with Gasteiger partial charge < -0.3 is 10.5 Å². The molecule has 22 heavy (non-hydrogen) atoms. The number of nitrogens with two attached hydrogens (primary N) is 1. The third-order valence-electron chi connectivity index (χ3n) is 3.59. The van der Waals surface area contributed by atoms with E-state index in [0.717, 1.165) is 10.8 Å². The van der Waals surface area contributed by atoms with E-state index < -0.39 is 0 Å². The van der Waals surface area contributed by atoms with Crippen LogP contribution < -0.4 is 10.5 Å². The van der Waals surface area contributed by atoms with E-state index in [1.54, 1.807) is 24.3 Å². The Morgan fingerprint density at radius 1 is 1.00 bits per heavy atom. The van der Waals surface area contributed by atoms with E-state index in [1.807, 2.05) is 43.3 Å². The summed E-state index contributed by atoms with van der Waals surface area (Å²) in [7, 11) is 0. The van der Waals surface area contributed by atoms with Crippen LogP contribution in [0.5, 0.6) is 5.75 Å². The minimum absolute atomic E-state index is 0.0553. The highest BCUT2D eigenvalue weighted by atomic mass is 16.5. The van der Waals surface area contributed by atoms with Crippen LogP contribution in [0.2, 0.25) is 0 Å². The molecule has 110 valence electrons. The number of ether oxygens (including phenoxy) is 1. The van der Waals surface area contributed by atoms with Crippen LogP contribution in [0.1, 0.15) is 22.8 Å². The summed E-state index contributed by atoms with van der Waals surface area (Å²) in [5, 5.41) is 1.92. The summed E-state index contributed by atoms with van der Waals surface area (Å²) in [6, 6.07) is 18.6. The van der Waals surface area contributed by atoms with Gasteiger partial charge in [-0.1, -0.05) is 30.3 Å². The van der Waals surface area contributed by atoms with Gasteiger partial charge in [-0.3, -0.25) is 4.79 Å². The van der Waals surface area contributed by atoms with Gasteiger partial charge in [-0.2, -0.15) is 0 Å². The van der Waals surface area contributed by atoms with E-state index in [9.17, 15) is 4.79 Å². The Bertz CT molecular complexity index is 822. The normalized spacial score (nSPS) is 10.6. The fourth-order valence-electron chi connectivity index (χ4n) is 2.54. The first-order valence-electron chi connectivity index (χ1n) is 7.25. The van der Waals surface area contributed by atoms with Gasteiger partial charge in [0.05, 0.1) is 12.2 Å². The summed E-state index contributed by atoms with van der Waals surface area (Å²) in [4.78, 5) is 12.9. The Morgan fingerprint density at radius 2 is 1.73 bits per heavy atom. The molecule has 0 aliphatic heterocycles. The summed E-state index contributed by atoms with van der Waals surface area (Å²) in [5.74, 6) is 0.559. The first kappa shape index (κ1) is 14.1. The lowest BCUT2D eigenvalue weighted by Gasteiger charge is -2.13. The standard InChI is InChI=1S/C19H17NO2/c1-2-22-17-12-9-13-5-3-4-6-16(13)18(17)19(21)14-7-10-15(20)11-8-14/h3-12H,2,20H2,1H3. The second-order valence-corrected chi connectivity index (χ2v) is 5.04. The second kappa shape index (κ2) is 5.90. The quantitative estimate of drug-likeness (QED) is 0.582. The SMILES string of the molecule is CCOc1ccc2ccccc2c1C(=O)c1ccc(N)cc1. The zero-order valence-electron chi connectivity index (χ0n) is 12.4. The smallest absolute Gasteiger partial charge is 0.197 e. The van der Waals surface area contributed by atoms with E-state index >= 15 is 0 Å². The number of carbonyl (C=O) groups excluding carboxylic acids is 1. The van der Waals surface area contributed by atoms with Crippen molar-refractivity contribution in [1.82, 2.24) is 0 Å². The molecule has 0 saturated heterocycles. The summed E-state index contributed by atoms with van der Waals surface area (Å²) >= 11 is 0. The molecule has 3 heteroatoms. The van der Waals surface area contributed by atoms with Crippen LogP contribution in [-0.4, -0.2) is 12.4 Å². The first-order chi connectivity index (χ1) is 10.7. The molecule has 3 rings (SSSR count). The van der Waals surface area contributed by atoms with E-state index in [2.05, 4.69) is 0 Å². The number of anilines is 1. The Morgan fingerprint density at radius 3 is 2.45 bits per heavy atom. The van der Waals surface area contributed by atoms with Crippen molar-refractivity contribution in [3.8, 4) is 5.75 Å². The number of rotatable bonds is 4. The van der Waals surface area contributed by atoms with Crippen molar-refractivity contribution in [2.45, 2.75) is 6.92 Å². The van der Waals surface area contributed by atoms with E-state index in [-0.39, 0.29) is 5.78 Å². The molecule has 0 heterocycles. The highest BCUT2D eigenvalue weighted by molar-refractivity contribution is 6.18. The lowest BCUT2D eigenvalue weighted by molar-refractivity contribution is 0.103. The minimum Gasteiger partial charge on any atom is -0.493 e. The summed E-state index contributed by atoms with van der Waals surface area (Å²) < 4.78 is 5.67. The Labute approximate surface area is 129 Å². The molecule has 0 spiro atoms. The van der Waals surface area contributed by atoms with Crippen LogP contribution in [0.25, 0.3) is 10.8 Å². The topological polar surface area (TPSA) is 52.3 Å². The predicted molar refractivity (Wildman–Crippen MR) is 89.4 cm³/mol. The largest absolute Gasteiger partial charge is 0.493 e. The zero-order chi connectivity index (χ0) is 15.5. The van der Waals surface area contributed by atoms with Crippen LogP contribution in [0.4, 0.5) is 5.69 Å². The lowest BCUT2D eigenvalue weighted by atomic mass is 9.96. The number of benzene rings is 3. The third-order valence-corrected chi connectivity index (χ3v) is 3.59. The molecule has 0 unspecified atom stereocenters. The lowest BCUT2D eigenvalue weighted by Crippen LogP contribution is -2.06. The van der Waals surface area contributed by atoms with Gasteiger partial charge in [0.15, 0.2) is 5.78 Å². The van der Waals surface area contributed by atoms with Crippen molar-refractivity contribution in [2.24, 2.45) is 0 Å². The van der Waals surface area contributed by atoms with E-state index in [1.165, 1.54) is 0 Å². The van der Waals surface area contributed by atoms with E-state index in [4.69, 9.17) is 10.5 Å². The number of hydrogen-bond acceptors (Lipinski definition) is 3. The molecule has 0 aromatic heterocycles. The maximum absolute atomic E-state index is 12.9. The first-order valence-corrected chi connectivity index (χ1v) is 7.25. The second-order valence-electron chi connectivity index (χ2n) is 5.04. The molecule has 0 saturated carbocycles. The monoisotopic (exact) mass is 291 g/mol. The van der Waals surface area contributed by atoms with Crippen LogP contribution in [-0.2, 0) is 0 Å². The van der Waals surface area contributed by atoms with Gasteiger partial charge in [0.1, 0.15) is 5.75 Å². The Balaban J connectivity index is 2.20. The number of carbonyl (C=O) groups is 1. The fraction of sp³-hybridized carbons (Fsp3) is 0.105. The molecule has 0 bridgehead atoms. The summed E-state index contributed by atoms with van der Waals surface area (Å²) in [6.45, 7) is 2.42. The van der Waals surface area contributed by atoms with Crippen molar-refractivity contribution >= 4 is 22.2 Å². The van der Waals surface area contributed by atoms with Gasteiger partial charge in [0.25, 0.3) is 0 Å². The van der Waals surface area contributed by atoms with Gasteiger partial charge >= 0.3 is 0 Å². The highest BCUT2D eigenvalue weighted by Gasteiger charge is 2.18. The van der Waals surface area contributed by atoms with Crippen molar-refractivity contribution in [2.75, 3.05) is 12.3 Å². The average Bonchev–Trinajstić information content (AvgIpc) is 2.55. The van der Waals surface area contributed by atoms with Gasteiger partial charge in [-0.25, -0.2) is 0 Å². The Kier molecular flexibility index (Phi) is 3.79. The molecule has 2 N–H and O–H groups in total. The summed E-state index contributed by atoms with van der Waals surface area (Å²) in [5.41, 5.74) is 7.54. The third kappa shape index (κ3) is 2.53. The molecule has 3 nitrogen and oxygen atoms in total. The maximum Gasteiger partial charge on any atom is 0.197 e. The number of nitrogen functional groups attached to an aromatic ring is 1. The van der Waals surface area contributed by atoms with Crippen LogP contribution >= 0.6 is 0 Å². The van der Waals surface area contributed by atoms with Crippen molar-refractivity contribution < 1.29 is 9.53 Å². The molecule has 0 fully saturated rings. The van der Waals surface area contributed by atoms with Crippen LogP contribution in [0.3, 0.4) is 0 Å². The molecular weight excluding hydrogens is 274 g/mol.